The number of carboxylic acid groups (broad SMARTS) is 1. The molecule has 1 aromatic rings. The first-order valence-electron chi connectivity index (χ1n) is 6.52. The summed E-state index contributed by atoms with van der Waals surface area (Å²) in [6.07, 6.45) is 1.15. The van der Waals surface area contributed by atoms with E-state index in [4.69, 9.17) is 0 Å². The topological polar surface area (TPSA) is 43.4 Å². The molecule has 19 heavy (non-hydrogen) atoms. The molecule has 0 saturated heterocycles. The molecule has 1 unspecified atom stereocenters. The molecule has 1 heterocycles. The Morgan fingerprint density at radius 2 is 2.05 bits per heavy atom. The van der Waals surface area contributed by atoms with Crippen LogP contribution in [-0.4, -0.2) is 19.1 Å². The van der Waals surface area contributed by atoms with Crippen LogP contribution >= 0.6 is 0 Å². The molecule has 102 valence electrons. The normalized spacial score (nSPS) is 21.4. The Balaban J connectivity index is 2.52. The highest BCUT2D eigenvalue weighted by molar-refractivity contribution is 5.88. The summed E-state index contributed by atoms with van der Waals surface area (Å²) in [5.74, 6) is -1.15. The van der Waals surface area contributed by atoms with Gasteiger partial charge in [0.05, 0.1) is 5.97 Å². The van der Waals surface area contributed by atoms with E-state index in [9.17, 15) is 9.90 Å². The summed E-state index contributed by atoms with van der Waals surface area (Å²) in [5, 5.41) is 10.7. The first-order chi connectivity index (χ1) is 8.75. The smallest absolute Gasteiger partial charge is 0.0645 e. The van der Waals surface area contributed by atoms with Crippen molar-refractivity contribution in [2.75, 3.05) is 11.9 Å². The molecule has 0 saturated carbocycles. The molecular formula is C16H20NO2-. The van der Waals surface area contributed by atoms with E-state index >= 15 is 0 Å². The van der Waals surface area contributed by atoms with Gasteiger partial charge in [0, 0.05) is 24.2 Å². The molecule has 0 spiro atoms. The summed E-state index contributed by atoms with van der Waals surface area (Å²) in [7, 11) is 2.10. The molecule has 0 aliphatic carbocycles. The summed E-state index contributed by atoms with van der Waals surface area (Å²) < 4.78 is 0. The molecular weight excluding hydrogens is 238 g/mol. The quantitative estimate of drug-likeness (QED) is 0.762. The Bertz CT molecular complexity index is 558. The predicted octanol–water partition coefficient (Wildman–Crippen LogP) is 1.96. The average molecular weight is 258 g/mol. The van der Waals surface area contributed by atoms with E-state index in [2.05, 4.69) is 44.9 Å². The van der Waals surface area contributed by atoms with Crippen molar-refractivity contribution in [3.8, 4) is 0 Å². The highest BCUT2D eigenvalue weighted by Gasteiger charge is 2.40. The first kappa shape index (κ1) is 13.7. The zero-order valence-corrected chi connectivity index (χ0v) is 12.2. The summed E-state index contributed by atoms with van der Waals surface area (Å²) in [6.45, 7) is 8.46. The Hall–Kier alpha value is -1.77. The van der Waals surface area contributed by atoms with Gasteiger partial charge < -0.3 is 14.8 Å². The molecule has 1 aliphatic rings. The fourth-order valence-corrected chi connectivity index (χ4v) is 2.78. The van der Waals surface area contributed by atoms with Crippen LogP contribution in [0, 0.1) is 0 Å². The monoisotopic (exact) mass is 258 g/mol. The van der Waals surface area contributed by atoms with Crippen LogP contribution in [-0.2, 0) is 10.2 Å². The van der Waals surface area contributed by atoms with Crippen molar-refractivity contribution < 1.29 is 9.90 Å². The number of nitrogens with zero attached hydrogens (tertiary/aromatic N) is 1. The molecule has 1 aromatic carbocycles. The van der Waals surface area contributed by atoms with E-state index in [1.807, 2.05) is 6.07 Å². The lowest BCUT2D eigenvalue weighted by Gasteiger charge is -2.28. The molecule has 2 rings (SSSR count). The maximum absolute atomic E-state index is 10.7. The van der Waals surface area contributed by atoms with E-state index in [1.165, 1.54) is 11.3 Å². The number of fused-ring (bicyclic) bond motifs is 1. The second-order valence-electron chi connectivity index (χ2n) is 5.89. The first-order valence-corrected chi connectivity index (χ1v) is 6.52. The van der Waals surface area contributed by atoms with Crippen LogP contribution < -0.4 is 10.0 Å². The molecule has 0 fully saturated rings. The van der Waals surface area contributed by atoms with Crippen molar-refractivity contribution in [2.45, 2.75) is 39.2 Å². The number of anilines is 1. The standard InChI is InChI=1S/C16H21NO2/c1-10(8-15(18)19)12-6-7-14-13(9-12)16(3,4)11(2)17(14)5/h6-9,11H,1-5H3,(H,18,19)/p-1/b10-8+. The van der Waals surface area contributed by atoms with Crippen molar-refractivity contribution in [3.63, 3.8) is 0 Å². The molecule has 0 radical (unpaired) electrons. The Kier molecular flexibility index (Phi) is 3.17. The van der Waals surface area contributed by atoms with Crippen molar-refractivity contribution in [1.82, 2.24) is 0 Å². The van der Waals surface area contributed by atoms with Crippen LogP contribution in [0.5, 0.6) is 0 Å². The summed E-state index contributed by atoms with van der Waals surface area (Å²) in [6, 6.07) is 6.56. The number of hydrogen-bond donors (Lipinski definition) is 0. The SMILES string of the molecule is C/C(=C\C(=O)[O-])c1ccc2c(c1)C(C)(C)C(C)N2C. The van der Waals surface area contributed by atoms with Gasteiger partial charge in [-0.1, -0.05) is 19.9 Å². The molecule has 0 bridgehead atoms. The Morgan fingerprint density at radius 1 is 1.42 bits per heavy atom. The van der Waals surface area contributed by atoms with E-state index in [1.54, 1.807) is 6.92 Å². The fraction of sp³-hybridized carbons (Fsp3) is 0.438. The van der Waals surface area contributed by atoms with E-state index in [-0.39, 0.29) is 5.41 Å². The number of allylic oxidation sites excluding steroid dienone is 1. The molecule has 0 N–H and O–H groups in total. The van der Waals surface area contributed by atoms with Gasteiger partial charge in [-0.15, -0.1) is 0 Å². The van der Waals surface area contributed by atoms with Crippen LogP contribution in [0.1, 0.15) is 38.8 Å². The van der Waals surface area contributed by atoms with Crippen LogP contribution in [0.2, 0.25) is 0 Å². The molecule has 3 nitrogen and oxygen atoms in total. The average Bonchev–Trinajstić information content (AvgIpc) is 2.50. The molecule has 1 atom stereocenters. The number of carboxylic acids is 1. The number of benzene rings is 1. The highest BCUT2D eigenvalue weighted by Crippen LogP contribution is 2.44. The number of carbonyl (C=O) groups excluding carboxylic acids is 1. The van der Waals surface area contributed by atoms with Crippen molar-refractivity contribution in [3.05, 3.63) is 35.4 Å². The molecule has 0 aromatic heterocycles. The van der Waals surface area contributed by atoms with Gasteiger partial charge in [-0.05, 0) is 48.8 Å². The van der Waals surface area contributed by atoms with Gasteiger partial charge in [-0.3, -0.25) is 0 Å². The van der Waals surface area contributed by atoms with Crippen LogP contribution in [0.15, 0.2) is 24.3 Å². The van der Waals surface area contributed by atoms with Gasteiger partial charge >= 0.3 is 0 Å². The third-order valence-corrected chi connectivity index (χ3v) is 4.49. The minimum absolute atomic E-state index is 0.0574. The summed E-state index contributed by atoms with van der Waals surface area (Å²) in [5.41, 5.74) is 4.22. The molecule has 0 amide bonds. The van der Waals surface area contributed by atoms with Gasteiger partial charge in [0.25, 0.3) is 0 Å². The third kappa shape index (κ3) is 2.14. The lowest BCUT2D eigenvalue weighted by molar-refractivity contribution is -0.297. The minimum Gasteiger partial charge on any atom is -0.545 e. The number of rotatable bonds is 2. The maximum Gasteiger partial charge on any atom is 0.0645 e. The predicted molar refractivity (Wildman–Crippen MR) is 76.0 cm³/mol. The van der Waals surface area contributed by atoms with E-state index < -0.39 is 5.97 Å². The van der Waals surface area contributed by atoms with Crippen LogP contribution in [0.4, 0.5) is 5.69 Å². The number of aliphatic carboxylic acids is 1. The second-order valence-corrected chi connectivity index (χ2v) is 5.89. The Morgan fingerprint density at radius 3 is 2.63 bits per heavy atom. The largest absolute Gasteiger partial charge is 0.545 e. The van der Waals surface area contributed by atoms with Crippen molar-refractivity contribution >= 4 is 17.2 Å². The number of carbonyl (C=O) groups is 1. The third-order valence-electron chi connectivity index (χ3n) is 4.49. The lowest BCUT2D eigenvalue weighted by atomic mass is 9.80. The van der Waals surface area contributed by atoms with Gasteiger partial charge in [0.1, 0.15) is 0 Å². The molecule has 1 aliphatic heterocycles. The zero-order chi connectivity index (χ0) is 14.4. The number of likely N-dealkylation sites (N-methyl/N-ethyl adjacent to an activating group) is 1. The second kappa shape index (κ2) is 4.41. The van der Waals surface area contributed by atoms with Crippen LogP contribution in [0.3, 0.4) is 0 Å². The van der Waals surface area contributed by atoms with Gasteiger partial charge in [-0.25, -0.2) is 0 Å². The van der Waals surface area contributed by atoms with E-state index in [0.717, 1.165) is 17.2 Å². The van der Waals surface area contributed by atoms with Crippen molar-refractivity contribution in [1.29, 1.82) is 0 Å². The van der Waals surface area contributed by atoms with E-state index in [0.29, 0.717) is 6.04 Å². The van der Waals surface area contributed by atoms with Gasteiger partial charge in [0.15, 0.2) is 0 Å². The van der Waals surface area contributed by atoms with Crippen molar-refractivity contribution in [2.24, 2.45) is 0 Å². The van der Waals surface area contributed by atoms with Crippen LogP contribution in [0.25, 0.3) is 5.57 Å². The maximum atomic E-state index is 10.7. The zero-order valence-electron chi connectivity index (χ0n) is 12.2. The number of hydrogen-bond acceptors (Lipinski definition) is 3. The summed E-state index contributed by atoms with van der Waals surface area (Å²) >= 11 is 0. The van der Waals surface area contributed by atoms with Gasteiger partial charge in [-0.2, -0.15) is 0 Å². The molecule has 3 heteroatoms. The van der Waals surface area contributed by atoms with Gasteiger partial charge in [0.2, 0.25) is 0 Å². The Labute approximate surface area is 114 Å². The summed E-state index contributed by atoms with van der Waals surface area (Å²) in [4.78, 5) is 12.9. The fourth-order valence-electron chi connectivity index (χ4n) is 2.78. The lowest BCUT2D eigenvalue weighted by Crippen LogP contribution is -2.36. The highest BCUT2D eigenvalue weighted by atomic mass is 16.4. The minimum atomic E-state index is -1.15.